The van der Waals surface area contributed by atoms with Gasteiger partial charge in [-0.2, -0.15) is 0 Å². The molecular weight excluding hydrogens is 426 g/mol. The van der Waals surface area contributed by atoms with Crippen LogP contribution in [0.5, 0.6) is 0 Å². The maximum absolute atomic E-state index is 13.7. The van der Waals surface area contributed by atoms with Crippen molar-refractivity contribution in [3.8, 4) is 0 Å². The van der Waals surface area contributed by atoms with Crippen molar-refractivity contribution in [2.45, 2.75) is 35.1 Å². The number of amides is 2. The highest BCUT2D eigenvalue weighted by Gasteiger charge is 2.42. The highest BCUT2D eigenvalue weighted by atomic mass is 32.2. The Hall–Kier alpha value is -2.06. The quantitative estimate of drug-likeness (QED) is 0.671. The molecule has 0 spiro atoms. The average Bonchev–Trinajstić information content (AvgIpc) is 3.16. The van der Waals surface area contributed by atoms with Crippen molar-refractivity contribution < 1.29 is 18.4 Å². The summed E-state index contributed by atoms with van der Waals surface area (Å²) < 4.78 is 27.5. The summed E-state index contributed by atoms with van der Waals surface area (Å²) in [6, 6.07) is 12.6. The third kappa shape index (κ3) is 4.07. The number of hydrogen-bond donors (Lipinski definition) is 0. The van der Waals surface area contributed by atoms with Crippen LogP contribution in [0.15, 0.2) is 48.5 Å². The molecule has 0 radical (unpaired) electrons. The molecule has 0 unspecified atom stereocenters. The normalized spacial score (nSPS) is 26.7. The third-order valence-corrected chi connectivity index (χ3v) is 8.13. The van der Waals surface area contributed by atoms with Crippen LogP contribution in [0, 0.1) is 11.6 Å². The van der Waals surface area contributed by atoms with E-state index in [0.717, 1.165) is 11.1 Å². The summed E-state index contributed by atoms with van der Waals surface area (Å²) in [5.74, 6) is -0.731. The maximum Gasteiger partial charge on any atom is 0.236 e. The molecule has 8 heteroatoms. The van der Waals surface area contributed by atoms with Crippen molar-refractivity contribution in [1.82, 2.24) is 9.80 Å². The highest BCUT2D eigenvalue weighted by molar-refractivity contribution is 8.01. The predicted octanol–water partition coefficient (Wildman–Crippen LogP) is 4.59. The van der Waals surface area contributed by atoms with Gasteiger partial charge in [0.15, 0.2) is 0 Å². The smallest absolute Gasteiger partial charge is 0.236 e. The molecule has 2 aromatic carbocycles. The van der Waals surface area contributed by atoms with Crippen molar-refractivity contribution in [3.05, 3.63) is 71.3 Å². The van der Waals surface area contributed by atoms with E-state index in [2.05, 4.69) is 0 Å². The monoisotopic (exact) mass is 448 g/mol. The van der Waals surface area contributed by atoms with E-state index >= 15 is 0 Å². The van der Waals surface area contributed by atoms with Gasteiger partial charge in [-0.25, -0.2) is 8.78 Å². The second-order valence-electron chi connectivity index (χ2n) is 7.43. The first kappa shape index (κ1) is 21.2. The van der Waals surface area contributed by atoms with E-state index < -0.39 is 0 Å². The Morgan fingerprint density at radius 3 is 1.53 bits per heavy atom. The fraction of sp³-hybridized carbons (Fsp3) is 0.364. The molecule has 0 aliphatic carbocycles. The molecule has 158 valence electrons. The Bertz CT molecular complexity index is 896. The van der Waals surface area contributed by atoms with Gasteiger partial charge in [0.1, 0.15) is 22.4 Å². The summed E-state index contributed by atoms with van der Waals surface area (Å²) in [6.45, 7) is 4.35. The Labute approximate surface area is 183 Å². The minimum atomic E-state index is -0.342. The molecule has 2 fully saturated rings. The number of benzene rings is 2. The third-order valence-electron chi connectivity index (χ3n) is 5.34. The Balaban J connectivity index is 1.55. The zero-order valence-electron chi connectivity index (χ0n) is 16.6. The van der Waals surface area contributed by atoms with E-state index in [9.17, 15) is 18.4 Å². The molecule has 2 aromatic rings. The fourth-order valence-corrected chi connectivity index (χ4v) is 6.45. The molecule has 2 heterocycles. The van der Waals surface area contributed by atoms with Gasteiger partial charge in [0.05, 0.1) is 10.5 Å². The van der Waals surface area contributed by atoms with Gasteiger partial charge in [0.25, 0.3) is 0 Å². The van der Waals surface area contributed by atoms with E-state index in [0.29, 0.717) is 13.1 Å². The number of carbonyl (C=O) groups excluding carboxylic acids is 2. The summed E-state index contributed by atoms with van der Waals surface area (Å²) in [5, 5.41) is -1.06. The SMILES string of the molecule is C[C@@H]1S[C@H](c2cccc(F)c2)N(CCN2C(=O)[C@@H](C)S[C@H]2c2cccc(F)c2)C1=O. The van der Waals surface area contributed by atoms with Gasteiger partial charge in [0.2, 0.25) is 11.8 Å². The second kappa shape index (κ2) is 8.59. The van der Waals surface area contributed by atoms with Crippen LogP contribution < -0.4 is 0 Å². The van der Waals surface area contributed by atoms with Crippen molar-refractivity contribution in [2.75, 3.05) is 13.1 Å². The molecular formula is C22H22F2N2O2S2. The lowest BCUT2D eigenvalue weighted by Crippen LogP contribution is -2.40. The van der Waals surface area contributed by atoms with Gasteiger partial charge in [-0.3, -0.25) is 9.59 Å². The molecule has 0 aromatic heterocycles. The van der Waals surface area contributed by atoms with Crippen LogP contribution in [0.3, 0.4) is 0 Å². The predicted molar refractivity (Wildman–Crippen MR) is 116 cm³/mol. The average molecular weight is 449 g/mol. The zero-order valence-corrected chi connectivity index (χ0v) is 18.3. The summed E-state index contributed by atoms with van der Waals surface area (Å²) in [5.41, 5.74) is 1.46. The van der Waals surface area contributed by atoms with E-state index in [4.69, 9.17) is 0 Å². The maximum atomic E-state index is 13.7. The fourth-order valence-electron chi connectivity index (χ4n) is 3.86. The Morgan fingerprint density at radius 2 is 1.17 bits per heavy atom. The van der Waals surface area contributed by atoms with Crippen molar-refractivity contribution in [1.29, 1.82) is 0 Å². The Kier molecular flexibility index (Phi) is 6.06. The molecule has 2 aliphatic rings. The van der Waals surface area contributed by atoms with Crippen molar-refractivity contribution in [2.24, 2.45) is 0 Å². The first-order valence-corrected chi connectivity index (χ1v) is 11.7. The van der Waals surface area contributed by atoms with Crippen LogP contribution >= 0.6 is 23.5 Å². The molecule has 0 N–H and O–H groups in total. The molecule has 30 heavy (non-hydrogen) atoms. The lowest BCUT2D eigenvalue weighted by molar-refractivity contribution is -0.133. The van der Waals surface area contributed by atoms with Gasteiger partial charge < -0.3 is 9.80 Å². The molecule has 4 nitrogen and oxygen atoms in total. The van der Waals surface area contributed by atoms with Gasteiger partial charge in [-0.05, 0) is 49.2 Å². The summed E-state index contributed by atoms with van der Waals surface area (Å²) in [6.07, 6.45) is 0. The molecule has 2 aliphatic heterocycles. The number of carbonyl (C=O) groups is 2. The summed E-state index contributed by atoms with van der Waals surface area (Å²) in [7, 11) is 0. The van der Waals surface area contributed by atoms with Crippen molar-refractivity contribution in [3.63, 3.8) is 0 Å². The highest BCUT2D eigenvalue weighted by Crippen LogP contribution is 2.45. The number of halogens is 2. The first-order chi connectivity index (χ1) is 14.3. The van der Waals surface area contributed by atoms with Crippen LogP contribution in [-0.2, 0) is 9.59 Å². The molecule has 4 atom stereocenters. The minimum absolute atomic E-state index is 0.0242. The van der Waals surface area contributed by atoms with Gasteiger partial charge in [-0.15, -0.1) is 23.5 Å². The second-order valence-corrected chi connectivity index (χ2v) is 10.3. The topological polar surface area (TPSA) is 40.6 Å². The summed E-state index contributed by atoms with van der Waals surface area (Å²) >= 11 is 2.96. The van der Waals surface area contributed by atoms with E-state index in [1.54, 1.807) is 21.9 Å². The minimum Gasteiger partial charge on any atom is -0.324 e. The lowest BCUT2D eigenvalue weighted by Gasteiger charge is -2.29. The van der Waals surface area contributed by atoms with Crippen LogP contribution in [-0.4, -0.2) is 45.2 Å². The zero-order chi connectivity index (χ0) is 21.4. The van der Waals surface area contributed by atoms with E-state index in [1.807, 2.05) is 26.0 Å². The Morgan fingerprint density at radius 1 is 0.767 bits per heavy atom. The largest absolute Gasteiger partial charge is 0.324 e. The standard InChI is InChI=1S/C22H22F2N2O2S2/c1-13-19(27)25(21(29-13)15-5-3-7-17(23)11-15)9-10-26-20(28)14(2)30-22(26)16-6-4-8-18(24)12-16/h3-8,11-14,21-22H,9-10H2,1-2H3/t13-,14+,21+,22-. The number of thioether (sulfide) groups is 2. The number of hydrogen-bond acceptors (Lipinski definition) is 4. The van der Waals surface area contributed by atoms with Crippen LogP contribution in [0.2, 0.25) is 0 Å². The van der Waals surface area contributed by atoms with Crippen LogP contribution in [0.25, 0.3) is 0 Å². The van der Waals surface area contributed by atoms with E-state index in [-0.39, 0.29) is 44.7 Å². The molecule has 4 rings (SSSR count). The first-order valence-electron chi connectivity index (χ1n) is 9.78. The number of nitrogens with zero attached hydrogens (tertiary/aromatic N) is 2. The van der Waals surface area contributed by atoms with Crippen LogP contribution in [0.1, 0.15) is 35.7 Å². The molecule has 0 saturated carbocycles. The molecule has 0 bridgehead atoms. The van der Waals surface area contributed by atoms with Gasteiger partial charge >= 0.3 is 0 Å². The van der Waals surface area contributed by atoms with Gasteiger partial charge in [0, 0.05) is 13.1 Å². The van der Waals surface area contributed by atoms with Crippen molar-refractivity contribution >= 4 is 35.3 Å². The number of rotatable bonds is 5. The van der Waals surface area contributed by atoms with Gasteiger partial charge in [-0.1, -0.05) is 24.3 Å². The van der Waals surface area contributed by atoms with E-state index in [1.165, 1.54) is 47.8 Å². The van der Waals surface area contributed by atoms with Crippen LogP contribution in [0.4, 0.5) is 8.78 Å². The molecule has 2 amide bonds. The summed E-state index contributed by atoms with van der Waals surface area (Å²) in [4.78, 5) is 29.0. The molecule has 2 saturated heterocycles. The lowest BCUT2D eigenvalue weighted by atomic mass is 10.2.